The van der Waals surface area contributed by atoms with Crippen molar-refractivity contribution in [1.82, 2.24) is 0 Å². The van der Waals surface area contributed by atoms with Crippen molar-refractivity contribution in [2.45, 2.75) is 143 Å². The number of aliphatic carboxylic acids is 1. The molecular weight excluding hydrogens is 696 g/mol. The van der Waals surface area contributed by atoms with E-state index in [2.05, 4.69) is 0 Å². The molecule has 0 radical (unpaired) electrons. The van der Waals surface area contributed by atoms with Gasteiger partial charge in [0.25, 0.3) is 5.79 Å². The van der Waals surface area contributed by atoms with E-state index in [1.165, 1.54) is 21.0 Å². The van der Waals surface area contributed by atoms with Gasteiger partial charge in [0.15, 0.2) is 18.9 Å². The average molecular weight is 749 g/mol. The van der Waals surface area contributed by atoms with Crippen LogP contribution < -0.4 is 0 Å². The summed E-state index contributed by atoms with van der Waals surface area (Å²) in [6.45, 7) is 1.78. The van der Waals surface area contributed by atoms with Gasteiger partial charge in [-0.1, -0.05) is 13.8 Å². The summed E-state index contributed by atoms with van der Waals surface area (Å²) in [6.07, 6.45) is -29.8. The Labute approximate surface area is 292 Å². The smallest absolute Gasteiger partial charge is 0.364 e. The molecule has 0 aliphatic carbocycles. The molecule has 0 aromatic heterocycles. The van der Waals surface area contributed by atoms with Gasteiger partial charge >= 0.3 is 5.97 Å². The third kappa shape index (κ3) is 8.52. The summed E-state index contributed by atoms with van der Waals surface area (Å²) in [4.78, 5) is 12.7. The molecular formula is C30H52O21. The highest BCUT2D eigenvalue weighted by Crippen LogP contribution is 2.41. The molecule has 21 nitrogen and oxygen atoms in total. The molecule has 4 aliphatic rings. The normalized spacial score (nSPS) is 49.3. The third-order valence-electron chi connectivity index (χ3n) is 10.1. The van der Waals surface area contributed by atoms with Gasteiger partial charge in [0.2, 0.25) is 0 Å². The van der Waals surface area contributed by atoms with Gasteiger partial charge < -0.3 is 99.2 Å². The molecule has 0 aromatic rings. The van der Waals surface area contributed by atoms with Crippen molar-refractivity contribution in [3.63, 3.8) is 0 Å². The standard InChI is InChI=1S/C30H52O21/c1-9-12(34)5-30(29(42)43,50-22(9)17(37)13(35)6-31)51-25-18(38)14(7-32)46-28(21(25)41)49-24-15(8-33)47-26(44-4)10(2)23(24)48-27-20(40)19(39)16(36)11(3)45-27/h9-28,31-41H,5-8H2,1-4H3,(H,42,43)/t9-,10?,11?,12-,13-,14?,15?,16-,17-,18+,19+,20?,21?,22?,23-,24-,25+,26-,27+,28+,30+/m1/s1. The number of hydrogen-bond donors (Lipinski definition) is 12. The molecule has 0 amide bonds. The van der Waals surface area contributed by atoms with E-state index in [0.29, 0.717) is 0 Å². The molecule has 7 unspecified atom stereocenters. The molecule has 4 aliphatic heterocycles. The first-order valence-corrected chi connectivity index (χ1v) is 16.6. The summed E-state index contributed by atoms with van der Waals surface area (Å²) >= 11 is 0. The molecule has 4 heterocycles. The lowest BCUT2D eigenvalue weighted by Gasteiger charge is -2.51. The monoisotopic (exact) mass is 748 g/mol. The fourth-order valence-corrected chi connectivity index (χ4v) is 6.81. The Hall–Kier alpha value is -1.29. The molecule has 21 heteroatoms. The number of hydrogen-bond acceptors (Lipinski definition) is 20. The zero-order valence-corrected chi connectivity index (χ0v) is 28.4. The van der Waals surface area contributed by atoms with Crippen LogP contribution in [0.3, 0.4) is 0 Å². The van der Waals surface area contributed by atoms with Gasteiger partial charge in [-0.05, 0) is 6.92 Å². The van der Waals surface area contributed by atoms with Crippen molar-refractivity contribution in [2.24, 2.45) is 11.8 Å². The van der Waals surface area contributed by atoms with Gasteiger partial charge in [-0.25, -0.2) is 4.79 Å². The molecule has 4 saturated heterocycles. The van der Waals surface area contributed by atoms with E-state index >= 15 is 0 Å². The minimum Gasteiger partial charge on any atom is -0.477 e. The van der Waals surface area contributed by atoms with Gasteiger partial charge in [-0.3, -0.25) is 0 Å². The van der Waals surface area contributed by atoms with Gasteiger partial charge in [0, 0.05) is 25.4 Å². The van der Waals surface area contributed by atoms with E-state index in [-0.39, 0.29) is 0 Å². The van der Waals surface area contributed by atoms with Gasteiger partial charge in [-0.2, -0.15) is 0 Å². The highest BCUT2D eigenvalue weighted by molar-refractivity contribution is 5.76. The molecule has 21 atom stereocenters. The largest absolute Gasteiger partial charge is 0.477 e. The molecule has 0 saturated carbocycles. The summed E-state index contributed by atoms with van der Waals surface area (Å²) in [5.74, 6) is -6.55. The van der Waals surface area contributed by atoms with Gasteiger partial charge in [0.1, 0.15) is 67.1 Å². The number of carbonyl (C=O) groups is 1. The quantitative estimate of drug-likeness (QED) is 0.0833. The van der Waals surface area contributed by atoms with E-state index in [1.807, 2.05) is 0 Å². The average Bonchev–Trinajstić information content (AvgIpc) is 3.11. The Balaban J connectivity index is 1.65. The van der Waals surface area contributed by atoms with Crippen molar-refractivity contribution >= 4 is 5.97 Å². The predicted octanol–water partition coefficient (Wildman–Crippen LogP) is -6.31. The first-order valence-electron chi connectivity index (χ1n) is 16.6. The molecule has 4 fully saturated rings. The second-order valence-corrected chi connectivity index (χ2v) is 13.5. The van der Waals surface area contributed by atoms with Crippen molar-refractivity contribution in [1.29, 1.82) is 0 Å². The van der Waals surface area contributed by atoms with E-state index < -0.39 is 160 Å². The number of aliphatic hydroxyl groups is 11. The zero-order chi connectivity index (χ0) is 38.1. The zero-order valence-electron chi connectivity index (χ0n) is 28.4. The highest BCUT2D eigenvalue weighted by atomic mass is 16.8. The maximum atomic E-state index is 12.7. The first kappa shape index (κ1) is 42.5. The Bertz CT molecular complexity index is 1120. The lowest BCUT2D eigenvalue weighted by atomic mass is 9.84. The number of carboxylic acid groups (broad SMARTS) is 1. The topological polar surface area (TPSA) is 334 Å². The van der Waals surface area contributed by atoms with Crippen molar-refractivity contribution < 1.29 is 104 Å². The fourth-order valence-electron chi connectivity index (χ4n) is 6.81. The van der Waals surface area contributed by atoms with E-state index in [1.54, 1.807) is 6.92 Å². The minimum atomic E-state index is -2.88. The Morgan fingerprint density at radius 1 is 0.745 bits per heavy atom. The molecule has 0 bridgehead atoms. The van der Waals surface area contributed by atoms with Crippen LogP contribution in [0.1, 0.15) is 27.2 Å². The predicted molar refractivity (Wildman–Crippen MR) is 161 cm³/mol. The Morgan fingerprint density at radius 3 is 1.90 bits per heavy atom. The molecule has 298 valence electrons. The lowest BCUT2D eigenvalue weighted by Crippen LogP contribution is -2.68. The first-order chi connectivity index (χ1) is 24.0. The number of aliphatic hydroxyl groups excluding tert-OH is 11. The van der Waals surface area contributed by atoms with Gasteiger partial charge in [0.05, 0.1) is 44.2 Å². The van der Waals surface area contributed by atoms with Crippen LogP contribution in [-0.4, -0.2) is 210 Å². The molecule has 51 heavy (non-hydrogen) atoms. The van der Waals surface area contributed by atoms with Crippen LogP contribution in [0.5, 0.6) is 0 Å². The van der Waals surface area contributed by atoms with Crippen LogP contribution in [0.15, 0.2) is 0 Å². The summed E-state index contributed by atoms with van der Waals surface area (Å²) in [5, 5.41) is 125. The van der Waals surface area contributed by atoms with Crippen LogP contribution in [0.4, 0.5) is 0 Å². The summed E-state index contributed by atoms with van der Waals surface area (Å²) in [7, 11) is 1.31. The van der Waals surface area contributed by atoms with Gasteiger partial charge in [-0.15, -0.1) is 0 Å². The maximum Gasteiger partial charge on any atom is 0.364 e. The Morgan fingerprint density at radius 2 is 1.33 bits per heavy atom. The van der Waals surface area contributed by atoms with Crippen LogP contribution in [-0.2, 0) is 42.7 Å². The third-order valence-corrected chi connectivity index (χ3v) is 10.1. The van der Waals surface area contributed by atoms with E-state index in [0.717, 1.165) is 0 Å². The highest BCUT2D eigenvalue weighted by Gasteiger charge is 2.59. The maximum absolute atomic E-state index is 12.7. The second kappa shape index (κ2) is 17.5. The van der Waals surface area contributed by atoms with Crippen LogP contribution in [0.25, 0.3) is 0 Å². The van der Waals surface area contributed by atoms with E-state index in [9.17, 15) is 66.1 Å². The number of rotatable bonds is 13. The fraction of sp³-hybridized carbons (Fsp3) is 0.967. The number of methoxy groups -OCH3 is 1. The summed E-state index contributed by atoms with van der Waals surface area (Å²) in [5.41, 5.74) is 0. The molecule has 12 N–H and O–H groups in total. The molecule has 4 rings (SSSR count). The van der Waals surface area contributed by atoms with Crippen LogP contribution in [0.2, 0.25) is 0 Å². The second-order valence-electron chi connectivity index (χ2n) is 13.5. The minimum absolute atomic E-state index is 0.743. The molecule has 0 spiro atoms. The van der Waals surface area contributed by atoms with E-state index in [4.69, 9.17) is 37.9 Å². The van der Waals surface area contributed by atoms with Crippen molar-refractivity contribution in [2.75, 3.05) is 26.9 Å². The summed E-state index contributed by atoms with van der Waals surface area (Å²) < 4.78 is 45.9. The van der Waals surface area contributed by atoms with Crippen LogP contribution in [0, 0.1) is 11.8 Å². The van der Waals surface area contributed by atoms with Crippen LogP contribution >= 0.6 is 0 Å². The Kier molecular flexibility index (Phi) is 14.5. The number of ether oxygens (including phenoxy) is 8. The van der Waals surface area contributed by atoms with Crippen molar-refractivity contribution in [3.05, 3.63) is 0 Å². The molecule has 0 aromatic carbocycles. The summed E-state index contributed by atoms with van der Waals surface area (Å²) in [6, 6.07) is 0. The van der Waals surface area contributed by atoms with Crippen molar-refractivity contribution in [3.8, 4) is 0 Å². The lowest BCUT2D eigenvalue weighted by molar-refractivity contribution is -0.394. The number of carboxylic acids is 1. The SMILES string of the molecule is CO[C@@H]1OC(CO)[C@@H](O[C@@H]2OC(CO)[C@H](O)[C@H](O[C@]3(C(=O)O)C[C@@H](O)[C@@H](C)C([C@H](O)[C@H](O)CO)O3)C2O)[C@H](O[C@@H]2OC(C)[C@@H](O)[C@H](O)C2O)C1C.